The molecule has 0 bridgehead atoms. The highest BCUT2D eigenvalue weighted by Gasteiger charge is 2.15. The van der Waals surface area contributed by atoms with Crippen LogP contribution in [0.5, 0.6) is 0 Å². The Kier molecular flexibility index (Phi) is 19.4. The van der Waals surface area contributed by atoms with Crippen molar-refractivity contribution in [2.45, 2.75) is 136 Å². The van der Waals surface area contributed by atoms with Gasteiger partial charge in [0, 0.05) is 0 Å². The van der Waals surface area contributed by atoms with Crippen molar-refractivity contribution in [1.29, 1.82) is 0 Å². The van der Waals surface area contributed by atoms with Crippen LogP contribution < -0.4 is 0 Å². The molecule has 0 fully saturated rings. The van der Waals surface area contributed by atoms with Gasteiger partial charge < -0.3 is 5.11 Å². The second kappa shape index (κ2) is 19.8. The van der Waals surface area contributed by atoms with E-state index in [1.165, 1.54) is 89.9 Å². The van der Waals surface area contributed by atoms with Gasteiger partial charge in [-0.2, -0.15) is 0 Å². The molecule has 0 saturated heterocycles. The number of carboxylic acid groups (broad SMARTS) is 1. The van der Waals surface area contributed by atoms with Crippen LogP contribution in [0, 0.1) is 5.92 Å². The largest absolute Gasteiger partial charge is 0.481 e. The van der Waals surface area contributed by atoms with Gasteiger partial charge in [-0.1, -0.05) is 123 Å². The minimum absolute atomic E-state index is 0.0954. The predicted octanol–water partition coefficient (Wildman–Crippen LogP) is 8.14. The highest BCUT2D eigenvalue weighted by Crippen LogP contribution is 2.18. The van der Waals surface area contributed by atoms with E-state index in [1.54, 1.807) is 0 Å². The molecule has 0 spiro atoms. The van der Waals surface area contributed by atoms with Gasteiger partial charge >= 0.3 is 5.97 Å². The molecule has 1 atom stereocenters. The molecule has 0 aromatic rings. The summed E-state index contributed by atoms with van der Waals surface area (Å²) < 4.78 is 0. The van der Waals surface area contributed by atoms with Gasteiger partial charge in [0.25, 0.3) is 0 Å². The summed E-state index contributed by atoms with van der Waals surface area (Å²) in [5.41, 5.74) is 0. The van der Waals surface area contributed by atoms with Crippen LogP contribution in [0.1, 0.15) is 136 Å². The Morgan fingerprint density at radius 3 is 1.24 bits per heavy atom. The first-order valence-electron chi connectivity index (χ1n) is 11.4. The molecule has 0 amide bonds. The lowest BCUT2D eigenvalue weighted by Crippen LogP contribution is -2.13. The highest BCUT2D eigenvalue weighted by atomic mass is 16.4. The smallest absolute Gasteiger partial charge is 0.306 e. The number of aliphatic carboxylic acids is 1. The van der Waals surface area contributed by atoms with E-state index in [4.69, 9.17) is 0 Å². The van der Waals surface area contributed by atoms with Crippen molar-refractivity contribution in [2.75, 3.05) is 0 Å². The Morgan fingerprint density at radius 1 is 0.560 bits per heavy atom. The molecule has 0 aromatic carbocycles. The molecule has 0 aliphatic carbocycles. The number of carbonyl (C=O) groups is 1. The van der Waals surface area contributed by atoms with E-state index in [0.29, 0.717) is 0 Å². The van der Waals surface area contributed by atoms with E-state index >= 15 is 0 Å². The van der Waals surface area contributed by atoms with Crippen LogP contribution in [-0.2, 0) is 4.79 Å². The third-order valence-corrected chi connectivity index (χ3v) is 5.41. The predicted molar refractivity (Wildman–Crippen MR) is 110 cm³/mol. The molecule has 0 aromatic heterocycles. The van der Waals surface area contributed by atoms with Crippen molar-refractivity contribution in [3.63, 3.8) is 0 Å². The summed E-state index contributed by atoms with van der Waals surface area (Å²) in [6.45, 7) is 4.41. The zero-order chi connectivity index (χ0) is 18.6. The maximum Gasteiger partial charge on any atom is 0.306 e. The topological polar surface area (TPSA) is 37.3 Å². The first-order chi connectivity index (χ1) is 12.2. The summed E-state index contributed by atoms with van der Waals surface area (Å²) in [7, 11) is 0. The molecule has 0 heterocycles. The fourth-order valence-electron chi connectivity index (χ4n) is 3.60. The molecule has 1 unspecified atom stereocenters. The molecule has 0 aliphatic heterocycles. The molecule has 150 valence electrons. The van der Waals surface area contributed by atoms with E-state index in [0.717, 1.165) is 32.1 Å². The second-order valence-corrected chi connectivity index (χ2v) is 7.92. The number of rotatable bonds is 20. The molecule has 25 heavy (non-hydrogen) atoms. The molecule has 1 N–H and O–H groups in total. The zero-order valence-electron chi connectivity index (χ0n) is 17.4. The summed E-state index contributed by atoms with van der Waals surface area (Å²) in [5, 5.41) is 9.22. The molecule has 2 heteroatoms. The van der Waals surface area contributed by atoms with Crippen LogP contribution in [0.4, 0.5) is 0 Å². The Morgan fingerprint density at radius 2 is 0.880 bits per heavy atom. The Hall–Kier alpha value is -0.530. The highest BCUT2D eigenvalue weighted by molar-refractivity contribution is 5.69. The molecular formula is C23H46O2. The number of hydrogen-bond acceptors (Lipinski definition) is 1. The van der Waals surface area contributed by atoms with Crippen LogP contribution >= 0.6 is 0 Å². The molecule has 0 saturated carbocycles. The number of unbranched alkanes of at least 4 members (excludes halogenated alkanes) is 15. The van der Waals surface area contributed by atoms with Gasteiger partial charge in [-0.15, -0.1) is 0 Å². The molecule has 0 radical (unpaired) electrons. The van der Waals surface area contributed by atoms with Crippen molar-refractivity contribution >= 4 is 5.97 Å². The SMILES string of the molecule is CCCCCCCCCCCCCCCCCC(CCCC)C(=O)O. The minimum atomic E-state index is -0.584. The fourth-order valence-corrected chi connectivity index (χ4v) is 3.60. The zero-order valence-corrected chi connectivity index (χ0v) is 17.4. The second-order valence-electron chi connectivity index (χ2n) is 7.92. The Bertz CT molecular complexity index is 275. The van der Waals surface area contributed by atoms with Crippen LogP contribution in [0.3, 0.4) is 0 Å². The summed E-state index contributed by atoms with van der Waals surface area (Å²) in [6, 6.07) is 0. The molecule has 0 aliphatic rings. The average Bonchev–Trinajstić information content (AvgIpc) is 2.60. The quantitative estimate of drug-likeness (QED) is 0.224. The summed E-state index contributed by atoms with van der Waals surface area (Å²) in [5.74, 6) is -0.680. The summed E-state index contributed by atoms with van der Waals surface area (Å²) in [4.78, 5) is 11.2. The van der Waals surface area contributed by atoms with Crippen LogP contribution in [-0.4, -0.2) is 11.1 Å². The van der Waals surface area contributed by atoms with E-state index in [9.17, 15) is 9.90 Å². The lowest BCUT2D eigenvalue weighted by Gasteiger charge is -2.11. The van der Waals surface area contributed by atoms with Crippen molar-refractivity contribution in [3.8, 4) is 0 Å². The van der Waals surface area contributed by atoms with Crippen molar-refractivity contribution < 1.29 is 9.90 Å². The third-order valence-electron chi connectivity index (χ3n) is 5.41. The average molecular weight is 355 g/mol. The molecular weight excluding hydrogens is 308 g/mol. The maximum atomic E-state index is 11.2. The monoisotopic (exact) mass is 354 g/mol. The van der Waals surface area contributed by atoms with Crippen molar-refractivity contribution in [2.24, 2.45) is 5.92 Å². The normalized spacial score (nSPS) is 12.4. The van der Waals surface area contributed by atoms with E-state index in [1.807, 2.05) is 0 Å². The van der Waals surface area contributed by atoms with Crippen molar-refractivity contribution in [1.82, 2.24) is 0 Å². The van der Waals surface area contributed by atoms with E-state index < -0.39 is 5.97 Å². The Balaban J connectivity index is 3.24. The first-order valence-corrected chi connectivity index (χ1v) is 11.4. The molecule has 2 nitrogen and oxygen atoms in total. The first kappa shape index (κ1) is 24.5. The standard InChI is InChI=1S/C23H46O2/c1-3-5-7-8-9-10-11-12-13-14-15-16-17-18-19-21-22(23(24)25)20-6-4-2/h22H,3-21H2,1-2H3,(H,24,25). The van der Waals surface area contributed by atoms with Gasteiger partial charge in [0.15, 0.2) is 0 Å². The van der Waals surface area contributed by atoms with Crippen LogP contribution in [0.2, 0.25) is 0 Å². The third kappa shape index (κ3) is 18.1. The van der Waals surface area contributed by atoms with Crippen LogP contribution in [0.25, 0.3) is 0 Å². The summed E-state index contributed by atoms with van der Waals surface area (Å²) in [6.07, 6.45) is 24.4. The Labute approximate surface area is 158 Å². The number of carboxylic acids is 1. The van der Waals surface area contributed by atoms with Gasteiger partial charge in [-0.05, 0) is 12.8 Å². The minimum Gasteiger partial charge on any atom is -0.481 e. The van der Waals surface area contributed by atoms with Gasteiger partial charge in [0.2, 0.25) is 0 Å². The van der Waals surface area contributed by atoms with E-state index in [2.05, 4.69) is 13.8 Å². The van der Waals surface area contributed by atoms with Gasteiger partial charge in [-0.3, -0.25) is 4.79 Å². The van der Waals surface area contributed by atoms with Gasteiger partial charge in [-0.25, -0.2) is 0 Å². The lowest BCUT2D eigenvalue weighted by atomic mass is 9.95. The van der Waals surface area contributed by atoms with Crippen LogP contribution in [0.15, 0.2) is 0 Å². The lowest BCUT2D eigenvalue weighted by molar-refractivity contribution is -0.142. The fraction of sp³-hybridized carbons (Fsp3) is 0.957. The molecule has 0 rings (SSSR count). The summed E-state index contributed by atoms with van der Waals surface area (Å²) >= 11 is 0. The van der Waals surface area contributed by atoms with Crippen molar-refractivity contribution in [3.05, 3.63) is 0 Å². The van der Waals surface area contributed by atoms with Gasteiger partial charge in [0.1, 0.15) is 0 Å². The maximum absolute atomic E-state index is 11.2. The van der Waals surface area contributed by atoms with Gasteiger partial charge in [0.05, 0.1) is 5.92 Å². The van der Waals surface area contributed by atoms with E-state index in [-0.39, 0.29) is 5.92 Å². The number of hydrogen-bond donors (Lipinski definition) is 1.